The van der Waals surface area contributed by atoms with Crippen molar-refractivity contribution in [3.05, 3.63) is 65.2 Å². The molecule has 0 unspecified atom stereocenters. The maximum atomic E-state index is 6.06. The first kappa shape index (κ1) is 25.2. The zero-order chi connectivity index (χ0) is 20.6. The zero-order valence-corrected chi connectivity index (χ0v) is 20.8. The number of aliphatic imine (C=N–C) groups is 1. The molecule has 0 aliphatic carbocycles. The van der Waals surface area contributed by atoms with Gasteiger partial charge in [-0.15, -0.1) is 24.0 Å². The number of nitrogens with zero attached hydrogens (tertiary/aromatic N) is 2. The standard InChI is InChI=1S/C23H34N4O.HI/c1-23(2,3)28-21-10-8-7-9-20(21)16-26-22(24-4)25-15-18-11-13-19(14-12-18)17-27(5)6;/h7-14H,15-17H2,1-6H3,(H2,24,25,26);1H. The first-order valence-electron chi connectivity index (χ1n) is 9.71. The molecular weight excluding hydrogens is 475 g/mol. The van der Waals surface area contributed by atoms with E-state index in [1.165, 1.54) is 11.1 Å². The average Bonchev–Trinajstić information content (AvgIpc) is 2.62. The van der Waals surface area contributed by atoms with Crippen molar-refractivity contribution in [3.63, 3.8) is 0 Å². The number of para-hydroxylation sites is 1. The van der Waals surface area contributed by atoms with E-state index in [0.717, 1.165) is 30.4 Å². The second-order valence-electron chi connectivity index (χ2n) is 8.16. The Morgan fingerprint density at radius 2 is 1.52 bits per heavy atom. The van der Waals surface area contributed by atoms with Crippen molar-refractivity contribution in [1.82, 2.24) is 15.5 Å². The number of benzene rings is 2. The second-order valence-corrected chi connectivity index (χ2v) is 8.16. The summed E-state index contributed by atoms with van der Waals surface area (Å²) in [5.41, 5.74) is 3.41. The lowest BCUT2D eigenvalue weighted by Crippen LogP contribution is -2.36. The zero-order valence-electron chi connectivity index (χ0n) is 18.5. The lowest BCUT2D eigenvalue weighted by molar-refractivity contribution is 0.129. The maximum absolute atomic E-state index is 6.06. The molecule has 0 saturated heterocycles. The largest absolute Gasteiger partial charge is 0.488 e. The Balaban J connectivity index is 0.00000420. The van der Waals surface area contributed by atoms with Crippen molar-refractivity contribution in [2.24, 2.45) is 4.99 Å². The Morgan fingerprint density at radius 1 is 0.931 bits per heavy atom. The number of hydrogen-bond donors (Lipinski definition) is 2. The Kier molecular flexibility index (Phi) is 10.5. The van der Waals surface area contributed by atoms with Gasteiger partial charge in [-0.3, -0.25) is 4.99 Å². The van der Waals surface area contributed by atoms with Crippen LogP contribution in [-0.4, -0.2) is 37.6 Å². The highest BCUT2D eigenvalue weighted by Crippen LogP contribution is 2.22. The van der Waals surface area contributed by atoms with Crippen LogP contribution in [0.1, 0.15) is 37.5 Å². The van der Waals surface area contributed by atoms with Crippen LogP contribution in [0, 0.1) is 0 Å². The van der Waals surface area contributed by atoms with Crippen LogP contribution in [0.15, 0.2) is 53.5 Å². The first-order chi connectivity index (χ1) is 13.3. The summed E-state index contributed by atoms with van der Waals surface area (Å²) < 4.78 is 6.06. The van der Waals surface area contributed by atoms with Crippen LogP contribution in [-0.2, 0) is 19.6 Å². The molecule has 160 valence electrons. The van der Waals surface area contributed by atoms with E-state index in [9.17, 15) is 0 Å². The van der Waals surface area contributed by atoms with Gasteiger partial charge in [-0.2, -0.15) is 0 Å². The fourth-order valence-corrected chi connectivity index (χ4v) is 2.79. The smallest absolute Gasteiger partial charge is 0.191 e. The molecule has 5 nitrogen and oxygen atoms in total. The number of nitrogens with one attached hydrogen (secondary N) is 2. The molecule has 0 spiro atoms. The first-order valence-corrected chi connectivity index (χ1v) is 9.71. The quantitative estimate of drug-likeness (QED) is 0.329. The van der Waals surface area contributed by atoms with Crippen molar-refractivity contribution in [2.75, 3.05) is 21.1 Å². The third-order valence-corrected chi connectivity index (χ3v) is 4.04. The van der Waals surface area contributed by atoms with Gasteiger partial charge in [-0.05, 0) is 52.1 Å². The molecule has 29 heavy (non-hydrogen) atoms. The maximum Gasteiger partial charge on any atom is 0.191 e. The fraction of sp³-hybridized carbons (Fsp3) is 0.435. The van der Waals surface area contributed by atoms with E-state index in [4.69, 9.17) is 4.74 Å². The highest BCUT2D eigenvalue weighted by Gasteiger charge is 2.14. The van der Waals surface area contributed by atoms with Crippen LogP contribution in [0.4, 0.5) is 0 Å². The predicted octanol–water partition coefficient (Wildman–Crippen LogP) is 4.41. The summed E-state index contributed by atoms with van der Waals surface area (Å²) in [6, 6.07) is 16.8. The van der Waals surface area contributed by atoms with E-state index in [1.807, 2.05) is 18.2 Å². The van der Waals surface area contributed by atoms with Gasteiger partial charge in [-0.1, -0.05) is 42.5 Å². The van der Waals surface area contributed by atoms with Crippen molar-refractivity contribution in [3.8, 4) is 5.75 Å². The Bertz CT molecular complexity index is 767. The molecule has 0 aliphatic heterocycles. The molecule has 0 amide bonds. The predicted molar refractivity (Wildman–Crippen MR) is 133 cm³/mol. The molecule has 0 bridgehead atoms. The molecule has 0 fully saturated rings. The number of guanidine groups is 1. The summed E-state index contributed by atoms with van der Waals surface area (Å²) in [4.78, 5) is 6.49. The molecular formula is C23H35IN4O. The molecule has 2 aromatic carbocycles. The minimum absolute atomic E-state index is 0. The number of halogens is 1. The summed E-state index contributed by atoms with van der Waals surface area (Å²) in [6.45, 7) is 8.49. The van der Waals surface area contributed by atoms with Gasteiger partial charge < -0.3 is 20.3 Å². The van der Waals surface area contributed by atoms with Crippen LogP contribution in [0.2, 0.25) is 0 Å². The van der Waals surface area contributed by atoms with E-state index >= 15 is 0 Å². The highest BCUT2D eigenvalue weighted by atomic mass is 127. The normalized spacial score (nSPS) is 11.8. The summed E-state index contributed by atoms with van der Waals surface area (Å²) in [6.07, 6.45) is 0. The number of hydrogen-bond acceptors (Lipinski definition) is 3. The molecule has 0 saturated carbocycles. The van der Waals surface area contributed by atoms with Crippen LogP contribution in [0.3, 0.4) is 0 Å². The SMILES string of the molecule is CN=C(NCc1ccc(CN(C)C)cc1)NCc1ccccc1OC(C)(C)C.I. The van der Waals surface area contributed by atoms with E-state index in [0.29, 0.717) is 6.54 Å². The number of ether oxygens (including phenoxy) is 1. The van der Waals surface area contributed by atoms with Gasteiger partial charge in [0, 0.05) is 32.2 Å². The van der Waals surface area contributed by atoms with Gasteiger partial charge in [0.2, 0.25) is 0 Å². The molecule has 6 heteroatoms. The van der Waals surface area contributed by atoms with Crippen LogP contribution >= 0.6 is 24.0 Å². The van der Waals surface area contributed by atoms with E-state index in [-0.39, 0.29) is 29.6 Å². The van der Waals surface area contributed by atoms with E-state index in [1.54, 1.807) is 7.05 Å². The topological polar surface area (TPSA) is 48.9 Å². The third kappa shape index (κ3) is 9.49. The molecule has 2 rings (SSSR count). The molecule has 0 radical (unpaired) electrons. The summed E-state index contributed by atoms with van der Waals surface area (Å²) in [5, 5.41) is 6.74. The van der Waals surface area contributed by atoms with Crippen LogP contribution < -0.4 is 15.4 Å². The molecule has 0 aromatic heterocycles. The van der Waals surface area contributed by atoms with E-state index < -0.39 is 0 Å². The van der Waals surface area contributed by atoms with Crippen molar-refractivity contribution < 1.29 is 4.74 Å². The summed E-state index contributed by atoms with van der Waals surface area (Å²) in [5.74, 6) is 1.66. The highest BCUT2D eigenvalue weighted by molar-refractivity contribution is 14.0. The van der Waals surface area contributed by atoms with Crippen molar-refractivity contribution in [1.29, 1.82) is 0 Å². The molecule has 0 heterocycles. The molecule has 0 aliphatic rings. The van der Waals surface area contributed by atoms with Crippen molar-refractivity contribution in [2.45, 2.75) is 46.0 Å². The summed E-state index contributed by atoms with van der Waals surface area (Å²) >= 11 is 0. The van der Waals surface area contributed by atoms with Crippen LogP contribution in [0.25, 0.3) is 0 Å². The van der Waals surface area contributed by atoms with Gasteiger partial charge in [0.1, 0.15) is 11.4 Å². The minimum Gasteiger partial charge on any atom is -0.488 e. The Morgan fingerprint density at radius 3 is 2.10 bits per heavy atom. The Labute approximate surface area is 193 Å². The lowest BCUT2D eigenvalue weighted by atomic mass is 10.1. The second kappa shape index (κ2) is 12.0. The number of rotatable bonds is 7. The van der Waals surface area contributed by atoms with Crippen LogP contribution in [0.5, 0.6) is 5.75 Å². The fourth-order valence-electron chi connectivity index (χ4n) is 2.79. The Hall–Kier alpha value is -1.80. The molecule has 2 aromatic rings. The van der Waals surface area contributed by atoms with Gasteiger partial charge in [0.25, 0.3) is 0 Å². The third-order valence-electron chi connectivity index (χ3n) is 4.04. The average molecular weight is 510 g/mol. The van der Waals surface area contributed by atoms with Gasteiger partial charge >= 0.3 is 0 Å². The molecule has 2 N–H and O–H groups in total. The monoisotopic (exact) mass is 510 g/mol. The van der Waals surface area contributed by atoms with Crippen molar-refractivity contribution >= 4 is 29.9 Å². The minimum atomic E-state index is -0.227. The van der Waals surface area contributed by atoms with E-state index in [2.05, 4.69) is 85.7 Å². The van der Waals surface area contributed by atoms with Gasteiger partial charge in [-0.25, -0.2) is 0 Å². The lowest BCUT2D eigenvalue weighted by Gasteiger charge is -2.23. The van der Waals surface area contributed by atoms with Gasteiger partial charge in [0.15, 0.2) is 5.96 Å². The molecule has 0 atom stereocenters. The van der Waals surface area contributed by atoms with Gasteiger partial charge in [0.05, 0.1) is 0 Å². The summed E-state index contributed by atoms with van der Waals surface area (Å²) in [7, 11) is 5.94.